The van der Waals surface area contributed by atoms with E-state index in [0.29, 0.717) is 0 Å². The zero-order valence-electron chi connectivity index (χ0n) is 8.72. The first-order valence-electron chi connectivity index (χ1n) is 4.62. The summed E-state index contributed by atoms with van der Waals surface area (Å²) >= 11 is 0. The third-order valence-electron chi connectivity index (χ3n) is 2.65. The first-order valence-corrected chi connectivity index (χ1v) is 4.62. The summed E-state index contributed by atoms with van der Waals surface area (Å²) in [6.07, 6.45) is 2.51. The number of rotatable bonds is 2. The second-order valence-corrected chi connectivity index (χ2v) is 3.59. The molecule has 4 nitrogen and oxygen atoms in total. The molecule has 14 heavy (non-hydrogen) atoms. The molecule has 1 atom stereocenters. The summed E-state index contributed by atoms with van der Waals surface area (Å²) in [5.41, 5.74) is 0.121. The van der Waals surface area contributed by atoms with Gasteiger partial charge in [-0.3, -0.25) is 9.59 Å². The number of nitrogens with one attached hydrogen (secondary N) is 1. The third-order valence-corrected chi connectivity index (χ3v) is 2.65. The predicted molar refractivity (Wildman–Crippen MR) is 51.3 cm³/mol. The lowest BCUT2D eigenvalue weighted by atomic mass is 9.76. The molecule has 1 rings (SSSR count). The monoisotopic (exact) mass is 197 g/mol. The normalized spacial score (nSPS) is 26.5. The number of amides is 1. The quantitative estimate of drug-likeness (QED) is 0.671. The summed E-state index contributed by atoms with van der Waals surface area (Å²) in [4.78, 5) is 22.8. The minimum absolute atomic E-state index is 0.143. The number of methoxy groups -OCH3 is 1. The molecule has 1 aliphatic rings. The number of ether oxygens (including phenoxy) is 1. The molecule has 78 valence electrons. The van der Waals surface area contributed by atoms with Crippen LogP contribution in [0.2, 0.25) is 0 Å². The first-order chi connectivity index (χ1) is 6.54. The van der Waals surface area contributed by atoms with E-state index in [9.17, 15) is 9.59 Å². The zero-order chi connectivity index (χ0) is 10.8. The maximum atomic E-state index is 11.6. The molecule has 1 N–H and O–H groups in total. The smallest absolute Gasteiger partial charge is 0.316 e. The fraction of sp³-hybridized carbons (Fsp3) is 0.600. The van der Waals surface area contributed by atoms with Crippen molar-refractivity contribution in [2.75, 3.05) is 7.11 Å². The lowest BCUT2D eigenvalue weighted by Gasteiger charge is -2.31. The van der Waals surface area contributed by atoms with Crippen LogP contribution >= 0.6 is 0 Å². The number of hydrogen-bond acceptors (Lipinski definition) is 3. The van der Waals surface area contributed by atoms with E-state index in [-0.39, 0.29) is 18.3 Å². The Balaban J connectivity index is 3.03. The SMILES string of the molecule is CCC1=CNC(=O)CC1(C)C(=O)OC. The molecule has 0 spiro atoms. The second-order valence-electron chi connectivity index (χ2n) is 3.59. The van der Waals surface area contributed by atoms with Crippen molar-refractivity contribution in [2.45, 2.75) is 26.7 Å². The van der Waals surface area contributed by atoms with Gasteiger partial charge in [-0.2, -0.15) is 0 Å². The Morgan fingerprint density at radius 2 is 2.36 bits per heavy atom. The van der Waals surface area contributed by atoms with E-state index in [1.54, 1.807) is 13.1 Å². The highest BCUT2D eigenvalue weighted by Gasteiger charge is 2.41. The van der Waals surface area contributed by atoms with Crippen LogP contribution in [0.1, 0.15) is 26.7 Å². The molecule has 1 amide bonds. The topological polar surface area (TPSA) is 55.4 Å². The number of carbonyl (C=O) groups is 2. The van der Waals surface area contributed by atoms with E-state index < -0.39 is 5.41 Å². The zero-order valence-corrected chi connectivity index (χ0v) is 8.72. The third kappa shape index (κ3) is 1.64. The van der Waals surface area contributed by atoms with E-state index in [4.69, 9.17) is 4.74 Å². The molecule has 0 aromatic carbocycles. The highest BCUT2D eigenvalue weighted by molar-refractivity contribution is 5.90. The van der Waals surface area contributed by atoms with Crippen molar-refractivity contribution < 1.29 is 14.3 Å². The van der Waals surface area contributed by atoms with E-state index >= 15 is 0 Å². The van der Waals surface area contributed by atoms with Crippen LogP contribution in [0.4, 0.5) is 0 Å². The average Bonchev–Trinajstić information content (AvgIpc) is 2.16. The van der Waals surface area contributed by atoms with Gasteiger partial charge in [-0.15, -0.1) is 0 Å². The Kier molecular flexibility index (Phi) is 2.93. The van der Waals surface area contributed by atoms with Crippen molar-refractivity contribution in [3.63, 3.8) is 0 Å². The summed E-state index contributed by atoms with van der Waals surface area (Å²) in [5, 5.41) is 2.61. The van der Waals surface area contributed by atoms with Crippen LogP contribution in [-0.2, 0) is 14.3 Å². The highest BCUT2D eigenvalue weighted by Crippen LogP contribution is 2.36. The van der Waals surface area contributed by atoms with Crippen molar-refractivity contribution in [2.24, 2.45) is 5.41 Å². The standard InChI is InChI=1S/C10H15NO3/c1-4-7-6-11-8(12)5-10(7,2)9(13)14-3/h6H,4-5H2,1-3H3,(H,11,12). The molecule has 0 aromatic heterocycles. The molecule has 1 unspecified atom stereocenters. The Morgan fingerprint density at radius 3 is 2.86 bits per heavy atom. The molecule has 0 radical (unpaired) electrons. The highest BCUT2D eigenvalue weighted by atomic mass is 16.5. The van der Waals surface area contributed by atoms with Crippen LogP contribution < -0.4 is 5.32 Å². The Hall–Kier alpha value is -1.32. The molecule has 1 aliphatic heterocycles. The van der Waals surface area contributed by atoms with E-state index in [0.717, 1.165) is 12.0 Å². The van der Waals surface area contributed by atoms with Gasteiger partial charge >= 0.3 is 5.97 Å². The molecule has 0 fully saturated rings. The second kappa shape index (κ2) is 3.82. The van der Waals surface area contributed by atoms with Gasteiger partial charge in [0.05, 0.1) is 12.5 Å². The van der Waals surface area contributed by atoms with E-state index in [1.807, 2.05) is 6.92 Å². The van der Waals surface area contributed by atoms with Gasteiger partial charge in [0, 0.05) is 12.6 Å². The van der Waals surface area contributed by atoms with Crippen LogP contribution in [0.25, 0.3) is 0 Å². The lowest BCUT2D eigenvalue weighted by molar-refractivity contribution is -0.152. The summed E-state index contributed by atoms with van der Waals surface area (Å²) in [6.45, 7) is 3.69. The van der Waals surface area contributed by atoms with Gasteiger partial charge in [0.1, 0.15) is 0 Å². The molecule has 0 saturated carbocycles. The summed E-state index contributed by atoms with van der Waals surface area (Å²) in [7, 11) is 1.34. The summed E-state index contributed by atoms with van der Waals surface area (Å²) in [6, 6.07) is 0. The maximum absolute atomic E-state index is 11.6. The van der Waals surface area contributed by atoms with Crippen molar-refractivity contribution >= 4 is 11.9 Å². The van der Waals surface area contributed by atoms with E-state index in [1.165, 1.54) is 7.11 Å². The van der Waals surface area contributed by atoms with Crippen LogP contribution in [0.15, 0.2) is 11.8 Å². The van der Waals surface area contributed by atoms with Crippen molar-refractivity contribution in [3.05, 3.63) is 11.8 Å². The van der Waals surface area contributed by atoms with Crippen molar-refractivity contribution in [1.82, 2.24) is 5.32 Å². The van der Waals surface area contributed by atoms with Gasteiger partial charge < -0.3 is 10.1 Å². The lowest BCUT2D eigenvalue weighted by Crippen LogP contribution is -2.41. The van der Waals surface area contributed by atoms with Crippen LogP contribution in [0.3, 0.4) is 0 Å². The van der Waals surface area contributed by atoms with Gasteiger partial charge in [0.25, 0.3) is 0 Å². The average molecular weight is 197 g/mol. The minimum Gasteiger partial charge on any atom is -0.468 e. The maximum Gasteiger partial charge on any atom is 0.316 e. The van der Waals surface area contributed by atoms with E-state index in [2.05, 4.69) is 5.32 Å². The molecule has 0 aliphatic carbocycles. The molecule has 0 bridgehead atoms. The summed E-state index contributed by atoms with van der Waals surface area (Å²) in [5.74, 6) is -0.490. The van der Waals surface area contributed by atoms with Crippen LogP contribution in [0.5, 0.6) is 0 Å². The number of hydrogen-bond donors (Lipinski definition) is 1. The fourth-order valence-electron chi connectivity index (χ4n) is 1.73. The summed E-state index contributed by atoms with van der Waals surface area (Å²) < 4.78 is 4.71. The van der Waals surface area contributed by atoms with Gasteiger partial charge in [-0.05, 0) is 18.9 Å². The fourth-order valence-corrected chi connectivity index (χ4v) is 1.73. The van der Waals surface area contributed by atoms with Gasteiger partial charge in [0.15, 0.2) is 0 Å². The largest absolute Gasteiger partial charge is 0.468 e. The number of carbonyl (C=O) groups excluding carboxylic acids is 2. The molecular formula is C10H15NO3. The molecule has 4 heteroatoms. The Morgan fingerprint density at radius 1 is 1.71 bits per heavy atom. The molecule has 0 aromatic rings. The van der Waals surface area contributed by atoms with Crippen LogP contribution in [0, 0.1) is 5.41 Å². The van der Waals surface area contributed by atoms with Crippen LogP contribution in [-0.4, -0.2) is 19.0 Å². The molecular weight excluding hydrogens is 182 g/mol. The van der Waals surface area contributed by atoms with Gasteiger partial charge in [0.2, 0.25) is 5.91 Å². The minimum atomic E-state index is -0.786. The Bertz CT molecular complexity index is 296. The Labute approximate surface area is 83.3 Å². The van der Waals surface area contributed by atoms with Gasteiger partial charge in [-0.25, -0.2) is 0 Å². The molecule has 1 heterocycles. The number of esters is 1. The predicted octanol–water partition coefficient (Wildman–Crippen LogP) is 0.979. The van der Waals surface area contributed by atoms with Gasteiger partial charge in [-0.1, -0.05) is 6.92 Å². The molecule has 0 saturated heterocycles. The van der Waals surface area contributed by atoms with Crippen molar-refractivity contribution in [1.29, 1.82) is 0 Å². The first kappa shape index (κ1) is 10.8. The van der Waals surface area contributed by atoms with Crippen molar-refractivity contribution in [3.8, 4) is 0 Å².